The minimum Gasteiger partial charge on any atom is -0.360 e. The Morgan fingerprint density at radius 1 is 1.24 bits per heavy atom. The van der Waals surface area contributed by atoms with Gasteiger partial charge in [0.1, 0.15) is 11.4 Å². The van der Waals surface area contributed by atoms with Crippen LogP contribution in [-0.4, -0.2) is 33.9 Å². The molecule has 1 aromatic heterocycles. The van der Waals surface area contributed by atoms with E-state index in [0.29, 0.717) is 25.6 Å². The quantitative estimate of drug-likeness (QED) is 0.847. The first-order valence-corrected chi connectivity index (χ1v) is 8.92. The summed E-state index contributed by atoms with van der Waals surface area (Å²) in [7, 11) is 0. The molecule has 2 aromatic rings. The van der Waals surface area contributed by atoms with Crippen LogP contribution in [0.2, 0.25) is 0 Å². The number of carbonyl (C=O) groups excluding carboxylic acids is 1. The lowest BCUT2D eigenvalue weighted by Gasteiger charge is -2.47. The highest BCUT2D eigenvalue weighted by molar-refractivity contribution is 5.95. The fraction of sp³-hybridized carbons (Fsp3) is 0.450. The first-order chi connectivity index (χ1) is 12.1. The van der Waals surface area contributed by atoms with Crippen LogP contribution >= 0.6 is 0 Å². The SMILES string of the molecule is Cc1ccc(C(=O)N2CC3(C2)OCc2nc(C4CC4)ncc23)cc1C. The molecule has 128 valence electrons. The first-order valence-electron chi connectivity index (χ1n) is 8.92. The Morgan fingerprint density at radius 3 is 2.76 bits per heavy atom. The van der Waals surface area contributed by atoms with Crippen molar-refractivity contribution in [2.75, 3.05) is 13.1 Å². The van der Waals surface area contributed by atoms with Gasteiger partial charge in [-0.2, -0.15) is 0 Å². The molecule has 1 spiro atoms. The number of benzene rings is 1. The molecule has 3 heterocycles. The van der Waals surface area contributed by atoms with E-state index in [0.717, 1.165) is 28.2 Å². The van der Waals surface area contributed by atoms with Crippen molar-refractivity contribution >= 4 is 5.91 Å². The van der Waals surface area contributed by atoms with Crippen molar-refractivity contribution in [3.05, 3.63) is 58.2 Å². The molecule has 1 saturated carbocycles. The van der Waals surface area contributed by atoms with Crippen LogP contribution in [0.5, 0.6) is 0 Å². The van der Waals surface area contributed by atoms with Crippen LogP contribution in [0.25, 0.3) is 0 Å². The van der Waals surface area contributed by atoms with Crippen LogP contribution in [-0.2, 0) is 16.9 Å². The van der Waals surface area contributed by atoms with Gasteiger partial charge in [0.25, 0.3) is 5.91 Å². The average Bonchev–Trinajstić information content (AvgIpc) is 3.36. The van der Waals surface area contributed by atoms with E-state index in [9.17, 15) is 4.79 Å². The number of ether oxygens (including phenoxy) is 1. The topological polar surface area (TPSA) is 55.3 Å². The smallest absolute Gasteiger partial charge is 0.254 e. The van der Waals surface area contributed by atoms with Gasteiger partial charge in [0, 0.05) is 23.2 Å². The lowest BCUT2D eigenvalue weighted by molar-refractivity contribution is -0.126. The van der Waals surface area contributed by atoms with Crippen molar-refractivity contribution in [2.45, 2.75) is 44.8 Å². The van der Waals surface area contributed by atoms with E-state index < -0.39 is 5.60 Å². The summed E-state index contributed by atoms with van der Waals surface area (Å²) in [5, 5.41) is 0. The maximum atomic E-state index is 12.7. The molecule has 0 radical (unpaired) electrons. The summed E-state index contributed by atoms with van der Waals surface area (Å²) < 4.78 is 6.06. The number of carbonyl (C=O) groups is 1. The highest BCUT2D eigenvalue weighted by Crippen LogP contribution is 2.44. The van der Waals surface area contributed by atoms with Gasteiger partial charge in [-0.1, -0.05) is 6.07 Å². The van der Waals surface area contributed by atoms with Crippen LogP contribution in [0.4, 0.5) is 0 Å². The number of hydrogen-bond donors (Lipinski definition) is 0. The predicted molar refractivity (Wildman–Crippen MR) is 92.3 cm³/mol. The second-order valence-corrected chi connectivity index (χ2v) is 7.61. The lowest BCUT2D eigenvalue weighted by Crippen LogP contribution is -2.61. The molecule has 25 heavy (non-hydrogen) atoms. The number of aryl methyl sites for hydroxylation is 2. The molecule has 0 bridgehead atoms. The standard InChI is InChI=1S/C20H21N3O2/c1-12-3-4-15(7-13(12)2)19(24)23-10-20(11-23)16-8-21-18(14-5-6-14)22-17(16)9-25-20/h3-4,7-8,14H,5-6,9-11H2,1-2H3. The van der Waals surface area contributed by atoms with Gasteiger partial charge in [0.15, 0.2) is 0 Å². The molecule has 5 rings (SSSR count). The Balaban J connectivity index is 1.35. The van der Waals surface area contributed by atoms with Gasteiger partial charge >= 0.3 is 0 Å². The molecular formula is C20H21N3O2. The monoisotopic (exact) mass is 335 g/mol. The number of hydrogen-bond acceptors (Lipinski definition) is 4. The zero-order valence-electron chi connectivity index (χ0n) is 14.6. The van der Waals surface area contributed by atoms with E-state index in [1.807, 2.05) is 36.2 Å². The molecule has 1 saturated heterocycles. The summed E-state index contributed by atoms with van der Waals surface area (Å²) in [4.78, 5) is 23.8. The predicted octanol–water partition coefficient (Wildman–Crippen LogP) is 2.85. The first kappa shape index (κ1) is 15.0. The van der Waals surface area contributed by atoms with E-state index in [-0.39, 0.29) is 5.91 Å². The minimum atomic E-state index is -0.396. The van der Waals surface area contributed by atoms with E-state index in [1.54, 1.807) is 0 Å². The van der Waals surface area contributed by atoms with Crippen molar-refractivity contribution in [3.63, 3.8) is 0 Å². The maximum absolute atomic E-state index is 12.7. The van der Waals surface area contributed by atoms with Crippen LogP contribution < -0.4 is 0 Å². The highest BCUT2D eigenvalue weighted by Gasteiger charge is 2.52. The zero-order valence-corrected chi connectivity index (χ0v) is 14.6. The van der Waals surface area contributed by atoms with Crippen LogP contribution in [0.3, 0.4) is 0 Å². The minimum absolute atomic E-state index is 0.0706. The molecule has 2 fully saturated rings. The molecule has 0 unspecified atom stereocenters. The van der Waals surface area contributed by atoms with E-state index in [2.05, 4.69) is 11.9 Å². The largest absolute Gasteiger partial charge is 0.360 e. The fourth-order valence-electron chi connectivity index (χ4n) is 3.78. The number of likely N-dealkylation sites (tertiary alicyclic amines) is 1. The Kier molecular flexibility index (Phi) is 3.07. The number of nitrogens with zero attached hydrogens (tertiary/aromatic N) is 3. The van der Waals surface area contributed by atoms with E-state index in [4.69, 9.17) is 9.72 Å². The summed E-state index contributed by atoms with van der Waals surface area (Å²) >= 11 is 0. The van der Waals surface area contributed by atoms with Gasteiger partial charge in [-0.25, -0.2) is 9.97 Å². The summed E-state index contributed by atoms with van der Waals surface area (Å²) in [6.45, 7) is 5.79. The van der Waals surface area contributed by atoms with Gasteiger partial charge in [-0.05, 0) is 49.9 Å². The van der Waals surface area contributed by atoms with Crippen molar-refractivity contribution in [3.8, 4) is 0 Å². The van der Waals surface area contributed by atoms with Crippen molar-refractivity contribution in [2.24, 2.45) is 0 Å². The molecule has 0 atom stereocenters. The van der Waals surface area contributed by atoms with Gasteiger partial charge in [-0.15, -0.1) is 0 Å². The maximum Gasteiger partial charge on any atom is 0.254 e. The van der Waals surface area contributed by atoms with Gasteiger partial charge < -0.3 is 9.64 Å². The van der Waals surface area contributed by atoms with Crippen molar-refractivity contribution < 1.29 is 9.53 Å². The third kappa shape index (κ3) is 2.29. The lowest BCUT2D eigenvalue weighted by atomic mass is 9.87. The highest BCUT2D eigenvalue weighted by atomic mass is 16.5. The fourth-order valence-corrected chi connectivity index (χ4v) is 3.78. The van der Waals surface area contributed by atoms with Crippen LogP contribution in [0, 0.1) is 13.8 Å². The summed E-state index contributed by atoms with van der Waals surface area (Å²) in [5.41, 5.74) is 4.78. The molecule has 3 aliphatic rings. The Labute approximate surface area is 147 Å². The van der Waals surface area contributed by atoms with Crippen LogP contribution in [0.15, 0.2) is 24.4 Å². The number of rotatable bonds is 2. The molecule has 5 nitrogen and oxygen atoms in total. The van der Waals surface area contributed by atoms with Crippen molar-refractivity contribution in [1.29, 1.82) is 0 Å². The molecule has 0 N–H and O–H groups in total. The second kappa shape index (κ2) is 5.11. The van der Waals surface area contributed by atoms with Gasteiger partial charge in [0.2, 0.25) is 0 Å². The Morgan fingerprint density at radius 2 is 2.04 bits per heavy atom. The van der Waals surface area contributed by atoms with Gasteiger partial charge in [-0.3, -0.25) is 4.79 Å². The van der Waals surface area contributed by atoms with Crippen LogP contribution in [0.1, 0.15) is 57.3 Å². The molecule has 1 aromatic carbocycles. The third-order valence-electron chi connectivity index (χ3n) is 5.74. The van der Waals surface area contributed by atoms with E-state index in [1.165, 1.54) is 18.4 Å². The summed E-state index contributed by atoms with van der Waals surface area (Å²) in [6.07, 6.45) is 4.33. The molecule has 1 aliphatic carbocycles. The third-order valence-corrected chi connectivity index (χ3v) is 5.74. The molecule has 2 aliphatic heterocycles. The Hall–Kier alpha value is -2.27. The van der Waals surface area contributed by atoms with Gasteiger partial charge in [0.05, 0.1) is 25.4 Å². The van der Waals surface area contributed by atoms with Crippen molar-refractivity contribution in [1.82, 2.24) is 14.9 Å². The van der Waals surface area contributed by atoms with E-state index >= 15 is 0 Å². The number of fused-ring (bicyclic) bond motifs is 2. The molecule has 5 heteroatoms. The summed E-state index contributed by atoms with van der Waals surface area (Å²) in [5.74, 6) is 1.58. The Bertz CT molecular complexity index is 883. The second-order valence-electron chi connectivity index (χ2n) is 7.61. The normalized spacial score (nSPS) is 20.5. The zero-order chi connectivity index (χ0) is 17.2. The average molecular weight is 335 g/mol. The molecule has 1 amide bonds. The summed E-state index contributed by atoms with van der Waals surface area (Å²) in [6, 6.07) is 5.88. The molecular weight excluding hydrogens is 314 g/mol. The number of amides is 1. The number of aromatic nitrogens is 2.